The van der Waals surface area contributed by atoms with Crippen molar-refractivity contribution >= 4 is 39.5 Å². The fraction of sp³-hybridized carbons (Fsp3) is 0.100. The molecular weight excluding hydrogens is 344 g/mol. The smallest absolute Gasteiger partial charge is 0.255 e. The highest BCUT2D eigenvalue weighted by atomic mass is 32.1. The number of amidine groups is 1. The maximum Gasteiger partial charge on any atom is 0.255 e. The van der Waals surface area contributed by atoms with Crippen molar-refractivity contribution in [3.8, 4) is 0 Å². The molecule has 0 fully saturated rings. The fourth-order valence-electron chi connectivity index (χ4n) is 2.95. The molecule has 1 aromatic heterocycles. The predicted molar refractivity (Wildman–Crippen MR) is 108 cm³/mol. The van der Waals surface area contributed by atoms with Gasteiger partial charge in [-0.2, -0.15) is 0 Å². The lowest BCUT2D eigenvalue weighted by Gasteiger charge is -2.26. The first-order valence-corrected chi connectivity index (χ1v) is 9.14. The average molecular weight is 362 g/mol. The van der Waals surface area contributed by atoms with Gasteiger partial charge in [-0.15, -0.1) is 11.3 Å². The maximum absolute atomic E-state index is 12.4. The van der Waals surface area contributed by atoms with Gasteiger partial charge in [0.15, 0.2) is 0 Å². The van der Waals surface area contributed by atoms with Gasteiger partial charge in [0.05, 0.1) is 5.56 Å². The molecule has 4 rings (SSSR count). The monoisotopic (exact) mass is 362 g/mol. The molecule has 130 valence electrons. The zero-order valence-electron chi connectivity index (χ0n) is 14.3. The van der Waals surface area contributed by atoms with Crippen molar-refractivity contribution in [2.75, 3.05) is 16.9 Å². The zero-order valence-corrected chi connectivity index (χ0v) is 15.1. The Labute approximate surface area is 155 Å². The Bertz CT molecular complexity index is 991. The molecule has 26 heavy (non-hydrogen) atoms. The van der Waals surface area contributed by atoms with E-state index >= 15 is 0 Å². The summed E-state index contributed by atoms with van der Waals surface area (Å²) < 4.78 is 0. The van der Waals surface area contributed by atoms with Crippen LogP contribution in [0.15, 0.2) is 65.0 Å². The van der Waals surface area contributed by atoms with E-state index in [4.69, 9.17) is 5.73 Å². The maximum atomic E-state index is 12.4. The number of fused-ring (bicyclic) bond motifs is 1. The molecule has 0 aliphatic carbocycles. The van der Waals surface area contributed by atoms with Crippen LogP contribution >= 0.6 is 11.3 Å². The van der Waals surface area contributed by atoms with Crippen molar-refractivity contribution in [1.82, 2.24) is 0 Å². The third-order valence-corrected chi connectivity index (χ3v) is 5.31. The number of benzene rings is 2. The molecule has 0 unspecified atom stereocenters. The number of carbonyl (C=O) groups is 1. The second-order valence-electron chi connectivity index (χ2n) is 6.07. The van der Waals surface area contributed by atoms with E-state index in [-0.39, 0.29) is 5.91 Å². The van der Waals surface area contributed by atoms with Crippen LogP contribution in [0.2, 0.25) is 0 Å². The van der Waals surface area contributed by atoms with Gasteiger partial charge in [-0.1, -0.05) is 18.2 Å². The van der Waals surface area contributed by atoms with Crippen LogP contribution in [0.25, 0.3) is 0 Å². The van der Waals surface area contributed by atoms with Gasteiger partial charge in [0.25, 0.3) is 5.91 Å². The Kier molecular flexibility index (Phi) is 4.18. The van der Waals surface area contributed by atoms with Gasteiger partial charge in [0.2, 0.25) is 0 Å². The molecule has 1 aliphatic heterocycles. The average Bonchev–Trinajstić information content (AvgIpc) is 3.14. The van der Waals surface area contributed by atoms with E-state index in [1.807, 2.05) is 66.9 Å². The molecule has 3 N–H and O–H groups in total. The minimum absolute atomic E-state index is 0.105. The van der Waals surface area contributed by atoms with Crippen molar-refractivity contribution in [3.05, 3.63) is 76.7 Å². The number of hydrogen-bond acceptors (Lipinski definition) is 5. The van der Waals surface area contributed by atoms with E-state index in [0.717, 1.165) is 27.5 Å². The topological polar surface area (TPSA) is 70.7 Å². The summed E-state index contributed by atoms with van der Waals surface area (Å²) in [5.74, 6) is 0.478. The lowest BCUT2D eigenvalue weighted by Crippen LogP contribution is -2.27. The second-order valence-corrected chi connectivity index (χ2v) is 6.96. The number of carbonyl (C=O) groups excluding carboxylic acids is 1. The summed E-state index contributed by atoms with van der Waals surface area (Å²) in [6.07, 6.45) is 0. The van der Waals surface area contributed by atoms with E-state index in [9.17, 15) is 4.79 Å². The number of rotatable bonds is 3. The van der Waals surface area contributed by atoms with Crippen molar-refractivity contribution in [1.29, 1.82) is 0 Å². The highest BCUT2D eigenvalue weighted by molar-refractivity contribution is 7.14. The zero-order chi connectivity index (χ0) is 18.1. The molecule has 0 saturated heterocycles. The first-order chi connectivity index (χ1) is 12.6. The number of thiophene rings is 1. The molecule has 0 saturated carbocycles. The summed E-state index contributed by atoms with van der Waals surface area (Å²) in [4.78, 5) is 18.9. The lowest BCUT2D eigenvalue weighted by molar-refractivity contribution is 0.102. The summed E-state index contributed by atoms with van der Waals surface area (Å²) >= 11 is 1.64. The highest BCUT2D eigenvalue weighted by Gasteiger charge is 2.21. The second kappa shape index (κ2) is 6.65. The number of aryl methyl sites for hydroxylation is 1. The molecule has 0 bridgehead atoms. The van der Waals surface area contributed by atoms with E-state index in [2.05, 4.69) is 15.2 Å². The van der Waals surface area contributed by atoms with Crippen molar-refractivity contribution < 1.29 is 4.79 Å². The van der Waals surface area contributed by atoms with Crippen LogP contribution in [-0.2, 0) is 0 Å². The molecule has 0 spiro atoms. The first kappa shape index (κ1) is 16.4. The standard InChI is InChI=1S/C20H18N4OS/c1-13-4-2-3-5-16(13)19(25)23-14-6-8-15(9-7-14)24-12-22-18(21)17-10-11-26-20(17)24/h2-11H,12H2,1H3,(H2,21,22)(H,23,25). The van der Waals surface area contributed by atoms with Crippen LogP contribution in [0.4, 0.5) is 16.4 Å². The summed E-state index contributed by atoms with van der Waals surface area (Å²) in [7, 11) is 0. The van der Waals surface area contributed by atoms with Crippen LogP contribution in [0.5, 0.6) is 0 Å². The van der Waals surface area contributed by atoms with Crippen molar-refractivity contribution in [3.63, 3.8) is 0 Å². The van der Waals surface area contributed by atoms with E-state index in [0.29, 0.717) is 18.1 Å². The van der Waals surface area contributed by atoms with Gasteiger partial charge in [-0.05, 0) is 54.3 Å². The predicted octanol–water partition coefficient (Wildman–Crippen LogP) is 4.12. The van der Waals surface area contributed by atoms with Crippen LogP contribution in [0.3, 0.4) is 0 Å². The van der Waals surface area contributed by atoms with Gasteiger partial charge < -0.3 is 16.0 Å². The molecule has 1 amide bonds. The van der Waals surface area contributed by atoms with Crippen LogP contribution in [-0.4, -0.2) is 18.4 Å². The number of nitrogens with one attached hydrogen (secondary N) is 1. The number of amides is 1. The number of nitrogens with two attached hydrogens (primary N) is 1. The Morgan fingerprint density at radius 1 is 1.15 bits per heavy atom. The molecule has 5 nitrogen and oxygen atoms in total. The number of hydrogen-bond donors (Lipinski definition) is 2. The van der Waals surface area contributed by atoms with Crippen molar-refractivity contribution in [2.24, 2.45) is 10.7 Å². The van der Waals surface area contributed by atoms with E-state index in [1.54, 1.807) is 11.3 Å². The summed E-state index contributed by atoms with van der Waals surface area (Å²) in [6, 6.07) is 17.3. The Balaban J connectivity index is 1.53. The van der Waals surface area contributed by atoms with Gasteiger partial charge in [0.1, 0.15) is 17.5 Å². The first-order valence-electron chi connectivity index (χ1n) is 8.26. The van der Waals surface area contributed by atoms with Gasteiger partial charge in [-0.25, -0.2) is 4.99 Å². The van der Waals surface area contributed by atoms with E-state index in [1.165, 1.54) is 0 Å². The summed E-state index contributed by atoms with van der Waals surface area (Å²) in [5, 5.41) is 6.06. The highest BCUT2D eigenvalue weighted by Crippen LogP contribution is 2.36. The van der Waals surface area contributed by atoms with E-state index < -0.39 is 0 Å². The molecule has 0 radical (unpaired) electrons. The summed E-state index contributed by atoms with van der Waals surface area (Å²) in [6.45, 7) is 2.42. The SMILES string of the molecule is Cc1ccccc1C(=O)Nc1ccc(N2CN=C(N)c3ccsc32)cc1. The molecule has 6 heteroatoms. The number of nitrogens with zero attached hydrogens (tertiary/aromatic N) is 2. The minimum Gasteiger partial charge on any atom is -0.383 e. The largest absolute Gasteiger partial charge is 0.383 e. The molecule has 2 aromatic carbocycles. The quantitative estimate of drug-likeness (QED) is 0.736. The lowest BCUT2D eigenvalue weighted by atomic mass is 10.1. The molecular formula is C20H18N4OS. The summed E-state index contributed by atoms with van der Waals surface area (Å²) in [5.41, 5.74) is 10.3. The molecule has 2 heterocycles. The fourth-order valence-corrected chi connectivity index (χ4v) is 3.87. The Morgan fingerprint density at radius 2 is 1.92 bits per heavy atom. The van der Waals surface area contributed by atoms with Gasteiger partial charge in [-0.3, -0.25) is 4.79 Å². The van der Waals surface area contributed by atoms with Gasteiger partial charge in [0, 0.05) is 16.9 Å². The Morgan fingerprint density at radius 3 is 2.69 bits per heavy atom. The third kappa shape index (κ3) is 2.95. The van der Waals surface area contributed by atoms with Gasteiger partial charge >= 0.3 is 0 Å². The molecule has 3 aromatic rings. The molecule has 1 aliphatic rings. The third-order valence-electron chi connectivity index (χ3n) is 4.37. The van der Waals surface area contributed by atoms with Crippen LogP contribution in [0.1, 0.15) is 21.5 Å². The van der Waals surface area contributed by atoms with Crippen LogP contribution in [0, 0.1) is 6.92 Å². The van der Waals surface area contributed by atoms with Crippen LogP contribution < -0.4 is 16.0 Å². The number of anilines is 3. The number of aliphatic imine (C=N–C) groups is 1. The normalized spacial score (nSPS) is 13.1. The minimum atomic E-state index is -0.105. The Hall–Kier alpha value is -3.12. The van der Waals surface area contributed by atoms with Crippen molar-refractivity contribution in [2.45, 2.75) is 6.92 Å². The molecule has 0 atom stereocenters.